The second-order valence-electron chi connectivity index (χ2n) is 5.00. The molecule has 3 aromatic rings. The fraction of sp³-hybridized carbons (Fsp3) is 0.188. The number of methoxy groups -OCH3 is 2. The molecule has 0 radical (unpaired) electrons. The largest absolute Gasteiger partial charge is 0.493 e. The average molecular weight is 439 g/mol. The number of rotatable bonds is 6. The molecule has 6 nitrogen and oxygen atoms in total. The second kappa shape index (κ2) is 7.94. The molecule has 130 valence electrons. The van der Waals surface area contributed by atoms with E-state index in [4.69, 9.17) is 21.7 Å². The third kappa shape index (κ3) is 4.00. The number of aromatic nitrogens is 3. The molecule has 0 amide bonds. The van der Waals surface area contributed by atoms with Crippen LogP contribution < -0.4 is 9.47 Å². The van der Waals surface area contributed by atoms with Gasteiger partial charge in [0.05, 0.1) is 24.9 Å². The van der Waals surface area contributed by atoms with E-state index in [1.807, 2.05) is 23.6 Å². The van der Waals surface area contributed by atoms with Crippen LogP contribution in [-0.4, -0.2) is 35.3 Å². The lowest BCUT2D eigenvalue weighted by molar-refractivity contribution is 0.353. The molecule has 3 rings (SSSR count). The van der Waals surface area contributed by atoms with Crippen molar-refractivity contribution in [3.05, 3.63) is 55.2 Å². The van der Waals surface area contributed by atoms with Crippen LogP contribution in [-0.2, 0) is 6.42 Å². The van der Waals surface area contributed by atoms with Crippen LogP contribution in [0.2, 0.25) is 0 Å². The molecular weight excluding hydrogens is 424 g/mol. The van der Waals surface area contributed by atoms with E-state index in [0.29, 0.717) is 22.7 Å². The van der Waals surface area contributed by atoms with Crippen LogP contribution >= 0.6 is 39.5 Å². The number of nitrogens with one attached hydrogen (secondary N) is 1. The minimum absolute atomic E-state index is 0.447. The van der Waals surface area contributed by atoms with Crippen molar-refractivity contribution in [2.24, 2.45) is 5.10 Å². The SMILES string of the molecule is COc1cc(/C=N\n2c(Cc3cccs3)n[nH]c2=S)cc(Br)c1OC. The Bertz CT molecular complexity index is 948. The van der Waals surface area contributed by atoms with Gasteiger partial charge in [0, 0.05) is 11.3 Å². The summed E-state index contributed by atoms with van der Waals surface area (Å²) >= 11 is 10.4. The van der Waals surface area contributed by atoms with E-state index < -0.39 is 0 Å². The van der Waals surface area contributed by atoms with Gasteiger partial charge in [0.15, 0.2) is 17.3 Å². The topological polar surface area (TPSA) is 64.4 Å². The number of thiophene rings is 1. The Balaban J connectivity index is 1.91. The minimum atomic E-state index is 0.447. The van der Waals surface area contributed by atoms with Crippen LogP contribution in [0.3, 0.4) is 0 Å². The Hall–Kier alpha value is -1.97. The lowest BCUT2D eigenvalue weighted by atomic mass is 10.2. The molecule has 0 spiro atoms. The van der Waals surface area contributed by atoms with Crippen molar-refractivity contribution in [2.75, 3.05) is 14.2 Å². The van der Waals surface area contributed by atoms with E-state index in [0.717, 1.165) is 15.9 Å². The van der Waals surface area contributed by atoms with E-state index >= 15 is 0 Å². The first-order valence-corrected chi connectivity index (χ1v) is 9.35. The van der Waals surface area contributed by atoms with Crippen molar-refractivity contribution in [3.63, 3.8) is 0 Å². The van der Waals surface area contributed by atoms with Gasteiger partial charge in [0.25, 0.3) is 0 Å². The average Bonchev–Trinajstić information content (AvgIpc) is 3.23. The zero-order valence-corrected chi connectivity index (χ0v) is 16.7. The minimum Gasteiger partial charge on any atom is -0.493 e. The first-order chi connectivity index (χ1) is 12.1. The zero-order chi connectivity index (χ0) is 17.8. The highest BCUT2D eigenvalue weighted by Crippen LogP contribution is 2.35. The van der Waals surface area contributed by atoms with Gasteiger partial charge in [-0.25, -0.2) is 0 Å². The number of aromatic amines is 1. The number of halogens is 1. The fourth-order valence-electron chi connectivity index (χ4n) is 2.26. The Morgan fingerprint density at radius 3 is 2.92 bits per heavy atom. The van der Waals surface area contributed by atoms with Gasteiger partial charge < -0.3 is 9.47 Å². The molecule has 1 aromatic carbocycles. The highest BCUT2D eigenvalue weighted by atomic mass is 79.9. The van der Waals surface area contributed by atoms with Crippen molar-refractivity contribution in [2.45, 2.75) is 6.42 Å². The van der Waals surface area contributed by atoms with E-state index in [2.05, 4.69) is 37.3 Å². The molecule has 0 aliphatic heterocycles. The molecule has 0 atom stereocenters. The molecule has 0 aliphatic rings. The summed E-state index contributed by atoms with van der Waals surface area (Å²) in [6, 6.07) is 7.81. The summed E-state index contributed by atoms with van der Waals surface area (Å²) in [6.45, 7) is 0. The summed E-state index contributed by atoms with van der Waals surface area (Å²) in [5.74, 6) is 2.01. The third-order valence-electron chi connectivity index (χ3n) is 3.41. The lowest BCUT2D eigenvalue weighted by Gasteiger charge is -2.10. The van der Waals surface area contributed by atoms with E-state index in [1.165, 1.54) is 4.88 Å². The number of nitrogens with zero attached hydrogens (tertiary/aromatic N) is 3. The summed E-state index contributed by atoms with van der Waals surface area (Å²) in [5, 5.41) is 13.6. The molecule has 1 N–H and O–H groups in total. The van der Waals surface area contributed by atoms with E-state index in [-0.39, 0.29) is 0 Å². The third-order valence-corrected chi connectivity index (χ3v) is 5.14. The Morgan fingerprint density at radius 2 is 2.24 bits per heavy atom. The van der Waals surface area contributed by atoms with Gasteiger partial charge in [0.1, 0.15) is 0 Å². The monoisotopic (exact) mass is 438 g/mol. The van der Waals surface area contributed by atoms with Gasteiger partial charge in [-0.15, -0.1) is 11.3 Å². The molecule has 0 unspecified atom stereocenters. The maximum atomic E-state index is 5.35. The highest BCUT2D eigenvalue weighted by molar-refractivity contribution is 9.10. The Morgan fingerprint density at radius 1 is 1.40 bits per heavy atom. The molecule has 2 heterocycles. The summed E-state index contributed by atoms with van der Waals surface area (Å²) in [6.07, 6.45) is 2.37. The van der Waals surface area contributed by atoms with Crippen LogP contribution in [0.25, 0.3) is 0 Å². The van der Waals surface area contributed by atoms with Crippen LogP contribution in [0, 0.1) is 4.77 Å². The first kappa shape index (κ1) is 17.8. The molecular formula is C16H15BrN4O2S2. The number of H-pyrrole nitrogens is 1. The first-order valence-electron chi connectivity index (χ1n) is 7.27. The summed E-state index contributed by atoms with van der Waals surface area (Å²) in [4.78, 5) is 1.19. The molecule has 2 aromatic heterocycles. The molecule has 0 saturated carbocycles. The smallest absolute Gasteiger partial charge is 0.216 e. The van der Waals surface area contributed by atoms with Gasteiger partial charge in [0.2, 0.25) is 4.77 Å². The van der Waals surface area contributed by atoms with Crippen molar-refractivity contribution >= 4 is 45.7 Å². The molecule has 9 heteroatoms. The van der Waals surface area contributed by atoms with Crippen molar-refractivity contribution < 1.29 is 9.47 Å². The van der Waals surface area contributed by atoms with E-state index in [9.17, 15) is 0 Å². The van der Waals surface area contributed by atoms with Crippen molar-refractivity contribution in [1.29, 1.82) is 0 Å². The van der Waals surface area contributed by atoms with Crippen LogP contribution in [0.4, 0.5) is 0 Å². The lowest BCUT2D eigenvalue weighted by Crippen LogP contribution is -2.00. The maximum absolute atomic E-state index is 5.35. The summed E-state index contributed by atoms with van der Waals surface area (Å²) in [7, 11) is 3.19. The standard InChI is InChI=1S/C16H15BrN4O2S2/c1-22-13-7-10(6-12(17)15(13)23-2)9-18-21-14(19-20-16(21)24)8-11-4-3-5-25-11/h3-7,9H,8H2,1-2H3,(H,20,24)/b18-9-. The van der Waals surface area contributed by atoms with E-state index in [1.54, 1.807) is 36.4 Å². The Kier molecular flexibility index (Phi) is 5.67. The van der Waals surface area contributed by atoms with Gasteiger partial charge in [-0.2, -0.15) is 14.9 Å². The second-order valence-corrected chi connectivity index (χ2v) is 7.27. The molecule has 0 bridgehead atoms. The van der Waals surface area contributed by atoms with Crippen LogP contribution in [0.5, 0.6) is 11.5 Å². The highest BCUT2D eigenvalue weighted by Gasteiger charge is 2.10. The molecule has 25 heavy (non-hydrogen) atoms. The summed E-state index contributed by atoms with van der Waals surface area (Å²) < 4.78 is 13.5. The van der Waals surface area contributed by atoms with Crippen molar-refractivity contribution in [3.8, 4) is 11.5 Å². The quantitative estimate of drug-likeness (QED) is 0.461. The molecule has 0 aliphatic carbocycles. The van der Waals surface area contributed by atoms with Gasteiger partial charge >= 0.3 is 0 Å². The van der Waals surface area contributed by atoms with Gasteiger partial charge in [-0.1, -0.05) is 6.07 Å². The predicted octanol–water partition coefficient (Wildman–Crippen LogP) is 4.25. The fourth-order valence-corrected chi connectivity index (χ4v) is 3.78. The molecule has 0 fully saturated rings. The summed E-state index contributed by atoms with van der Waals surface area (Å²) in [5.41, 5.74) is 0.842. The zero-order valence-electron chi connectivity index (χ0n) is 13.5. The van der Waals surface area contributed by atoms with Crippen LogP contribution in [0.1, 0.15) is 16.3 Å². The van der Waals surface area contributed by atoms with Gasteiger partial charge in [-0.05, 0) is 57.3 Å². The number of ether oxygens (including phenoxy) is 2. The maximum Gasteiger partial charge on any atom is 0.216 e. The predicted molar refractivity (Wildman–Crippen MR) is 105 cm³/mol. The number of benzene rings is 1. The Labute approximate surface area is 162 Å². The van der Waals surface area contributed by atoms with Crippen LogP contribution in [0.15, 0.2) is 39.2 Å². The van der Waals surface area contributed by atoms with Crippen molar-refractivity contribution in [1.82, 2.24) is 14.9 Å². The number of hydrogen-bond acceptors (Lipinski definition) is 6. The number of hydrogen-bond donors (Lipinski definition) is 1. The normalized spacial score (nSPS) is 11.2. The van der Waals surface area contributed by atoms with Gasteiger partial charge in [-0.3, -0.25) is 5.10 Å². The molecule has 0 saturated heterocycles.